The molecular formula is C24H19N5O2. The molecule has 0 radical (unpaired) electrons. The highest BCUT2D eigenvalue weighted by Crippen LogP contribution is 2.25. The largest absolute Gasteiger partial charge is 0.345 e. The Balaban J connectivity index is 1.48. The molecule has 0 aliphatic carbocycles. The summed E-state index contributed by atoms with van der Waals surface area (Å²) in [5.74, 6) is -0.191. The number of aromatic amines is 2. The molecule has 5 rings (SSSR count). The third-order valence-electron chi connectivity index (χ3n) is 5.32. The van der Waals surface area contributed by atoms with Crippen molar-refractivity contribution in [3.63, 3.8) is 0 Å². The highest BCUT2D eigenvalue weighted by Gasteiger charge is 2.19. The Morgan fingerprint density at radius 2 is 1.71 bits per heavy atom. The predicted octanol–water partition coefficient (Wildman–Crippen LogP) is 3.25. The van der Waals surface area contributed by atoms with Crippen molar-refractivity contribution in [1.82, 2.24) is 25.5 Å². The second-order valence-electron chi connectivity index (χ2n) is 7.31. The summed E-state index contributed by atoms with van der Waals surface area (Å²) in [5.41, 5.74) is 3.94. The van der Waals surface area contributed by atoms with Gasteiger partial charge >= 0.3 is 0 Å². The van der Waals surface area contributed by atoms with E-state index in [0.29, 0.717) is 16.5 Å². The molecule has 0 bridgehead atoms. The summed E-state index contributed by atoms with van der Waals surface area (Å²) in [4.78, 5) is 32.5. The number of nitrogens with zero attached hydrogens (tertiary/aromatic N) is 2. The number of carbonyl (C=O) groups is 1. The fourth-order valence-corrected chi connectivity index (χ4v) is 3.81. The zero-order chi connectivity index (χ0) is 21.2. The Kier molecular flexibility index (Phi) is 4.76. The van der Waals surface area contributed by atoms with E-state index in [-0.39, 0.29) is 23.9 Å². The van der Waals surface area contributed by atoms with E-state index in [9.17, 15) is 9.59 Å². The molecule has 0 fully saturated rings. The minimum atomic E-state index is -0.338. The van der Waals surface area contributed by atoms with Crippen LogP contribution in [0.1, 0.15) is 22.9 Å². The van der Waals surface area contributed by atoms with Gasteiger partial charge in [-0.2, -0.15) is 5.10 Å². The third kappa shape index (κ3) is 3.69. The second-order valence-corrected chi connectivity index (χ2v) is 7.31. The van der Waals surface area contributed by atoms with Gasteiger partial charge in [-0.15, -0.1) is 0 Å². The van der Waals surface area contributed by atoms with Gasteiger partial charge in [0.25, 0.3) is 5.56 Å². The molecule has 2 aromatic heterocycles. The van der Waals surface area contributed by atoms with E-state index in [2.05, 4.69) is 25.5 Å². The summed E-state index contributed by atoms with van der Waals surface area (Å²) in [7, 11) is 0. The zero-order valence-electron chi connectivity index (χ0n) is 16.5. The first kappa shape index (κ1) is 18.7. The molecule has 0 aliphatic rings. The average molecular weight is 409 g/mol. The van der Waals surface area contributed by atoms with Crippen LogP contribution in [0.5, 0.6) is 0 Å². The van der Waals surface area contributed by atoms with Gasteiger partial charge in [-0.25, -0.2) is 10.1 Å². The van der Waals surface area contributed by atoms with Crippen molar-refractivity contribution in [3.8, 4) is 0 Å². The number of H-pyrrole nitrogens is 2. The molecule has 31 heavy (non-hydrogen) atoms. The van der Waals surface area contributed by atoms with E-state index in [1.807, 2.05) is 54.6 Å². The number of amides is 1. The summed E-state index contributed by atoms with van der Waals surface area (Å²) in [5, 5.41) is 10.9. The maximum absolute atomic E-state index is 13.0. The molecule has 2 heterocycles. The van der Waals surface area contributed by atoms with Crippen LogP contribution in [0.4, 0.5) is 0 Å². The van der Waals surface area contributed by atoms with Crippen LogP contribution in [0.3, 0.4) is 0 Å². The summed E-state index contributed by atoms with van der Waals surface area (Å²) in [6, 6.07) is 22.5. The number of carbonyl (C=O) groups excluding carboxylic acids is 1. The second kappa shape index (κ2) is 7.87. The lowest BCUT2D eigenvalue weighted by Crippen LogP contribution is -2.31. The van der Waals surface area contributed by atoms with Crippen molar-refractivity contribution < 1.29 is 4.79 Å². The van der Waals surface area contributed by atoms with Crippen LogP contribution in [-0.4, -0.2) is 26.1 Å². The van der Waals surface area contributed by atoms with Gasteiger partial charge in [0.2, 0.25) is 5.91 Å². The lowest BCUT2D eigenvalue weighted by molar-refractivity contribution is -0.121. The SMILES string of the molecule is O=C(Cc1n[nH]c(=O)c2ccccc12)NC(c1ccccc1)c1ccc2nc[nH]c2c1. The van der Waals surface area contributed by atoms with Crippen molar-refractivity contribution in [2.24, 2.45) is 0 Å². The van der Waals surface area contributed by atoms with Gasteiger partial charge in [0.05, 0.1) is 40.9 Å². The molecular weight excluding hydrogens is 390 g/mol. The van der Waals surface area contributed by atoms with Crippen LogP contribution in [-0.2, 0) is 11.2 Å². The molecule has 1 atom stereocenters. The highest BCUT2D eigenvalue weighted by molar-refractivity contribution is 5.88. The monoisotopic (exact) mass is 409 g/mol. The van der Waals surface area contributed by atoms with Gasteiger partial charge in [0.15, 0.2) is 0 Å². The van der Waals surface area contributed by atoms with Gasteiger partial charge in [-0.05, 0) is 29.3 Å². The molecule has 3 aromatic carbocycles. The number of hydrogen-bond acceptors (Lipinski definition) is 4. The standard InChI is InChI=1S/C24H19N5O2/c30-22(13-20-17-8-4-5-9-18(17)24(31)29-28-20)27-23(15-6-2-1-3-7-15)16-10-11-19-21(12-16)26-14-25-19/h1-12,14,23H,13H2,(H,25,26)(H,27,30)(H,29,31). The van der Waals surface area contributed by atoms with Gasteiger partial charge in [-0.1, -0.05) is 54.6 Å². The summed E-state index contributed by atoms with van der Waals surface area (Å²) < 4.78 is 0. The van der Waals surface area contributed by atoms with E-state index in [1.54, 1.807) is 24.5 Å². The molecule has 3 N–H and O–H groups in total. The van der Waals surface area contributed by atoms with E-state index >= 15 is 0 Å². The molecule has 0 saturated carbocycles. The number of imidazole rings is 1. The molecule has 1 amide bonds. The van der Waals surface area contributed by atoms with Gasteiger partial charge in [0.1, 0.15) is 0 Å². The highest BCUT2D eigenvalue weighted by atomic mass is 16.1. The minimum absolute atomic E-state index is 0.0485. The van der Waals surface area contributed by atoms with Crippen LogP contribution >= 0.6 is 0 Å². The number of hydrogen-bond donors (Lipinski definition) is 3. The fourth-order valence-electron chi connectivity index (χ4n) is 3.81. The summed E-state index contributed by atoms with van der Waals surface area (Å²) in [6.07, 6.45) is 1.70. The quantitative estimate of drug-likeness (QED) is 0.414. The smallest absolute Gasteiger partial charge is 0.272 e. The van der Waals surface area contributed by atoms with Gasteiger partial charge in [-0.3, -0.25) is 9.59 Å². The first-order valence-electron chi connectivity index (χ1n) is 9.93. The molecule has 152 valence electrons. The van der Waals surface area contributed by atoms with Crippen molar-refractivity contribution in [2.45, 2.75) is 12.5 Å². The van der Waals surface area contributed by atoms with Gasteiger partial charge in [0, 0.05) is 5.39 Å². The van der Waals surface area contributed by atoms with Crippen LogP contribution in [0.15, 0.2) is 83.9 Å². The zero-order valence-corrected chi connectivity index (χ0v) is 16.5. The Bertz CT molecular complexity index is 1440. The lowest BCUT2D eigenvalue weighted by atomic mass is 9.98. The Hall–Kier alpha value is -4.26. The Morgan fingerprint density at radius 3 is 2.55 bits per heavy atom. The number of fused-ring (bicyclic) bond motifs is 2. The van der Waals surface area contributed by atoms with Crippen molar-refractivity contribution >= 4 is 27.7 Å². The Labute approximate surface area is 177 Å². The maximum Gasteiger partial charge on any atom is 0.272 e. The average Bonchev–Trinajstić information content (AvgIpc) is 3.28. The fraction of sp³-hybridized carbons (Fsp3) is 0.0833. The minimum Gasteiger partial charge on any atom is -0.345 e. The molecule has 5 aromatic rings. The summed E-state index contributed by atoms with van der Waals surface area (Å²) >= 11 is 0. The molecule has 0 saturated heterocycles. The third-order valence-corrected chi connectivity index (χ3v) is 5.32. The Morgan fingerprint density at radius 1 is 0.935 bits per heavy atom. The summed E-state index contributed by atoms with van der Waals surface area (Å²) in [6.45, 7) is 0. The normalized spacial score (nSPS) is 12.1. The van der Waals surface area contributed by atoms with E-state index in [4.69, 9.17) is 0 Å². The van der Waals surface area contributed by atoms with Crippen LogP contribution in [0, 0.1) is 0 Å². The van der Waals surface area contributed by atoms with E-state index in [0.717, 1.165) is 22.2 Å². The maximum atomic E-state index is 13.0. The molecule has 7 heteroatoms. The van der Waals surface area contributed by atoms with Crippen LogP contribution in [0.2, 0.25) is 0 Å². The van der Waals surface area contributed by atoms with Crippen molar-refractivity contribution in [2.75, 3.05) is 0 Å². The number of rotatable bonds is 5. The first-order valence-corrected chi connectivity index (χ1v) is 9.93. The van der Waals surface area contributed by atoms with Gasteiger partial charge < -0.3 is 10.3 Å². The number of aromatic nitrogens is 4. The molecule has 0 aliphatic heterocycles. The van der Waals surface area contributed by atoms with E-state index < -0.39 is 0 Å². The number of nitrogens with one attached hydrogen (secondary N) is 3. The van der Waals surface area contributed by atoms with Crippen LogP contribution in [0.25, 0.3) is 21.8 Å². The van der Waals surface area contributed by atoms with Crippen molar-refractivity contribution in [1.29, 1.82) is 0 Å². The van der Waals surface area contributed by atoms with E-state index in [1.165, 1.54) is 0 Å². The molecule has 1 unspecified atom stereocenters. The molecule has 7 nitrogen and oxygen atoms in total. The first-order chi connectivity index (χ1) is 15.2. The number of benzene rings is 3. The predicted molar refractivity (Wildman–Crippen MR) is 119 cm³/mol. The van der Waals surface area contributed by atoms with Crippen molar-refractivity contribution in [3.05, 3.63) is 106 Å². The topological polar surface area (TPSA) is 104 Å². The molecule has 0 spiro atoms. The lowest BCUT2D eigenvalue weighted by Gasteiger charge is -2.20. The van der Waals surface area contributed by atoms with Crippen LogP contribution < -0.4 is 10.9 Å².